The summed E-state index contributed by atoms with van der Waals surface area (Å²) >= 11 is 0. The predicted octanol–water partition coefficient (Wildman–Crippen LogP) is 2.94. The lowest BCUT2D eigenvalue weighted by Crippen LogP contribution is -2.54. The van der Waals surface area contributed by atoms with Crippen molar-refractivity contribution in [2.75, 3.05) is 16.8 Å². The first-order valence-electron chi connectivity index (χ1n) is 11.5. The van der Waals surface area contributed by atoms with Crippen molar-refractivity contribution in [1.82, 2.24) is 4.90 Å². The van der Waals surface area contributed by atoms with Gasteiger partial charge in [0, 0.05) is 22.9 Å². The van der Waals surface area contributed by atoms with Crippen molar-refractivity contribution >= 4 is 34.9 Å². The van der Waals surface area contributed by atoms with Crippen molar-refractivity contribution in [2.24, 2.45) is 11.8 Å². The fraction of sp³-hybridized carbons (Fsp3) is 0.385. The number of carbonyl (C=O) groups is 4. The number of fused-ring (bicyclic) bond motifs is 7. The third-order valence-electron chi connectivity index (χ3n) is 7.98. The summed E-state index contributed by atoms with van der Waals surface area (Å²) in [7, 11) is 0. The second-order valence-electron chi connectivity index (χ2n) is 9.75. The Bertz CT molecular complexity index is 1270. The van der Waals surface area contributed by atoms with E-state index in [0.717, 1.165) is 35.2 Å². The van der Waals surface area contributed by atoms with Gasteiger partial charge in [0.15, 0.2) is 5.78 Å². The molecule has 2 aromatic rings. The van der Waals surface area contributed by atoms with Crippen molar-refractivity contribution in [2.45, 2.75) is 45.2 Å². The van der Waals surface area contributed by atoms with E-state index >= 15 is 0 Å². The zero-order valence-electron chi connectivity index (χ0n) is 18.8. The van der Waals surface area contributed by atoms with Gasteiger partial charge in [-0.05, 0) is 70.0 Å². The van der Waals surface area contributed by atoms with E-state index in [-0.39, 0.29) is 29.5 Å². The average molecular weight is 444 g/mol. The topological polar surface area (TPSA) is 86.8 Å². The summed E-state index contributed by atoms with van der Waals surface area (Å²) in [6, 6.07) is 10.4. The number of aryl methyl sites for hydroxylation is 2. The van der Waals surface area contributed by atoms with Crippen LogP contribution in [0.2, 0.25) is 0 Å². The van der Waals surface area contributed by atoms with Crippen molar-refractivity contribution < 1.29 is 19.2 Å². The molecule has 0 aliphatic carbocycles. The minimum absolute atomic E-state index is 0.0805. The molecule has 0 aromatic heterocycles. The van der Waals surface area contributed by atoms with E-state index in [4.69, 9.17) is 0 Å². The van der Waals surface area contributed by atoms with Crippen LogP contribution in [-0.2, 0) is 19.9 Å². The number of Topliss-reactive ketones (excluding diaryl/α,β-unsaturated/α-hetero) is 1. The molecule has 3 saturated heterocycles. The minimum atomic E-state index is -1.17. The molecule has 1 N–H and O–H groups in total. The molecule has 7 nitrogen and oxygen atoms in total. The molecule has 168 valence electrons. The fourth-order valence-electron chi connectivity index (χ4n) is 6.76. The molecule has 0 radical (unpaired) electrons. The summed E-state index contributed by atoms with van der Waals surface area (Å²) in [5.74, 6) is -2.21. The highest BCUT2D eigenvalue weighted by molar-refractivity contribution is 6.26. The third kappa shape index (κ3) is 2.38. The van der Waals surface area contributed by atoms with Crippen molar-refractivity contribution in [3.63, 3.8) is 0 Å². The maximum Gasteiger partial charge on any atom is 0.250 e. The monoisotopic (exact) mass is 443 g/mol. The van der Waals surface area contributed by atoms with Gasteiger partial charge < -0.3 is 5.32 Å². The molecular formula is C26H25N3O4. The van der Waals surface area contributed by atoms with E-state index < -0.39 is 17.4 Å². The van der Waals surface area contributed by atoms with Crippen LogP contribution >= 0.6 is 0 Å². The van der Waals surface area contributed by atoms with E-state index in [0.29, 0.717) is 17.8 Å². The van der Waals surface area contributed by atoms with E-state index in [1.807, 2.05) is 26.0 Å². The number of benzene rings is 2. The number of ketones is 1. The van der Waals surface area contributed by atoms with Crippen molar-refractivity contribution in [3.8, 4) is 0 Å². The molecule has 4 aliphatic heterocycles. The molecule has 4 atom stereocenters. The van der Waals surface area contributed by atoms with Gasteiger partial charge in [0.1, 0.15) is 5.54 Å². The van der Waals surface area contributed by atoms with Crippen LogP contribution in [-0.4, -0.2) is 41.0 Å². The van der Waals surface area contributed by atoms with Crippen LogP contribution in [0, 0.1) is 25.7 Å². The van der Waals surface area contributed by atoms with Gasteiger partial charge in [-0.3, -0.25) is 24.1 Å². The van der Waals surface area contributed by atoms with Gasteiger partial charge in [-0.1, -0.05) is 17.7 Å². The van der Waals surface area contributed by atoms with Crippen LogP contribution in [0.15, 0.2) is 36.4 Å². The summed E-state index contributed by atoms with van der Waals surface area (Å²) in [6.45, 7) is 6.11. The first kappa shape index (κ1) is 20.3. The number of hydrogen-bond acceptors (Lipinski definition) is 5. The molecule has 0 saturated carbocycles. The predicted molar refractivity (Wildman–Crippen MR) is 122 cm³/mol. The molecule has 4 aliphatic rings. The maximum atomic E-state index is 14.0. The first-order valence-corrected chi connectivity index (χ1v) is 11.5. The molecule has 3 fully saturated rings. The van der Waals surface area contributed by atoms with Crippen LogP contribution < -0.4 is 10.2 Å². The lowest BCUT2D eigenvalue weighted by atomic mass is 9.75. The summed E-state index contributed by atoms with van der Waals surface area (Å²) in [6.07, 6.45) is 1.67. The number of amides is 3. The Labute approximate surface area is 191 Å². The van der Waals surface area contributed by atoms with Gasteiger partial charge in [-0.15, -0.1) is 0 Å². The molecule has 1 spiro atoms. The lowest BCUT2D eigenvalue weighted by molar-refractivity contribution is -0.135. The first-order chi connectivity index (χ1) is 15.8. The molecule has 6 rings (SSSR count). The number of rotatable bonds is 2. The summed E-state index contributed by atoms with van der Waals surface area (Å²) in [5, 5.41) is 3.06. The second kappa shape index (κ2) is 6.60. The Balaban J connectivity index is 1.53. The van der Waals surface area contributed by atoms with Gasteiger partial charge in [0.05, 0.1) is 17.5 Å². The van der Waals surface area contributed by atoms with Crippen LogP contribution in [0.1, 0.15) is 46.8 Å². The molecule has 4 unspecified atom stereocenters. The van der Waals surface area contributed by atoms with E-state index in [9.17, 15) is 19.2 Å². The number of anilines is 2. The normalized spacial score (nSPS) is 30.1. The average Bonchev–Trinajstić information content (AvgIpc) is 3.47. The molecular weight excluding hydrogens is 418 g/mol. The zero-order chi connectivity index (χ0) is 23.2. The fourth-order valence-corrected chi connectivity index (χ4v) is 6.76. The SMILES string of the molecule is CC(=O)c1ccc(N2C(=O)C3C4CCCN4C4(C(=O)Nc5c(C)cc(C)cc54)C3C2=O)cc1. The molecule has 2 aromatic carbocycles. The van der Waals surface area contributed by atoms with Crippen LogP contribution in [0.4, 0.5) is 11.4 Å². The van der Waals surface area contributed by atoms with E-state index in [1.165, 1.54) is 11.8 Å². The number of imide groups is 1. The van der Waals surface area contributed by atoms with Gasteiger partial charge in [-0.2, -0.15) is 0 Å². The number of hydrogen-bond donors (Lipinski definition) is 1. The zero-order valence-corrected chi connectivity index (χ0v) is 18.8. The molecule has 33 heavy (non-hydrogen) atoms. The largest absolute Gasteiger partial charge is 0.324 e. The lowest BCUT2D eigenvalue weighted by Gasteiger charge is -2.36. The summed E-state index contributed by atoms with van der Waals surface area (Å²) in [5.41, 5.74) is 3.37. The van der Waals surface area contributed by atoms with Crippen LogP contribution in [0.3, 0.4) is 0 Å². The van der Waals surface area contributed by atoms with Crippen molar-refractivity contribution in [3.05, 3.63) is 58.7 Å². The molecule has 7 heteroatoms. The highest BCUT2D eigenvalue weighted by Crippen LogP contribution is 2.61. The van der Waals surface area contributed by atoms with Gasteiger partial charge in [0.2, 0.25) is 17.7 Å². The van der Waals surface area contributed by atoms with E-state index in [2.05, 4.69) is 10.2 Å². The Kier molecular flexibility index (Phi) is 4.06. The smallest absolute Gasteiger partial charge is 0.250 e. The molecule has 3 amide bonds. The van der Waals surface area contributed by atoms with Crippen LogP contribution in [0.25, 0.3) is 0 Å². The second-order valence-corrected chi connectivity index (χ2v) is 9.75. The van der Waals surface area contributed by atoms with Gasteiger partial charge in [0.25, 0.3) is 0 Å². The highest BCUT2D eigenvalue weighted by Gasteiger charge is 2.74. The summed E-state index contributed by atoms with van der Waals surface area (Å²) in [4.78, 5) is 56.5. The van der Waals surface area contributed by atoms with Gasteiger partial charge in [-0.25, -0.2) is 4.90 Å². The third-order valence-corrected chi connectivity index (χ3v) is 7.98. The highest BCUT2D eigenvalue weighted by atomic mass is 16.2. The standard InChI is InChI=1S/C26H25N3O4/c1-13-11-14(2)22-18(12-13)26(25(33)27-22)21-20(19-5-4-10-28(19)26)23(31)29(24(21)32)17-8-6-16(7-9-17)15(3)30/h6-9,11-12,19-21H,4-5,10H2,1-3H3,(H,27,33). The Morgan fingerprint density at radius 2 is 1.79 bits per heavy atom. The minimum Gasteiger partial charge on any atom is -0.324 e. The molecule has 0 bridgehead atoms. The summed E-state index contributed by atoms with van der Waals surface area (Å²) < 4.78 is 0. The molecule has 4 heterocycles. The quantitative estimate of drug-likeness (QED) is 0.570. The Hall–Kier alpha value is -3.32. The Morgan fingerprint density at radius 3 is 2.48 bits per heavy atom. The van der Waals surface area contributed by atoms with Gasteiger partial charge >= 0.3 is 0 Å². The number of carbonyl (C=O) groups excluding carboxylic acids is 4. The maximum absolute atomic E-state index is 14.0. The number of nitrogens with one attached hydrogen (secondary N) is 1. The number of nitrogens with zero attached hydrogens (tertiary/aromatic N) is 2. The Morgan fingerprint density at radius 1 is 1.06 bits per heavy atom. The van der Waals surface area contributed by atoms with E-state index in [1.54, 1.807) is 24.3 Å². The van der Waals surface area contributed by atoms with Crippen molar-refractivity contribution in [1.29, 1.82) is 0 Å². The van der Waals surface area contributed by atoms with Crippen LogP contribution in [0.5, 0.6) is 0 Å².